The molecule has 0 atom stereocenters. The van der Waals surface area contributed by atoms with Crippen LogP contribution in [0.1, 0.15) is 33.4 Å². The summed E-state index contributed by atoms with van der Waals surface area (Å²) in [7, 11) is 0. The van der Waals surface area contributed by atoms with Gasteiger partial charge < -0.3 is 0 Å². The van der Waals surface area contributed by atoms with Gasteiger partial charge in [0.05, 0.1) is 0 Å². The Morgan fingerprint density at radius 3 is 2.25 bits per heavy atom. The molecule has 1 heteroatoms. The Bertz CT molecular complexity index is 713. The summed E-state index contributed by atoms with van der Waals surface area (Å²) in [5.74, 6) is 0. The number of halogens is 1. The third kappa shape index (κ3) is 2.05. The summed E-state index contributed by atoms with van der Waals surface area (Å²) in [4.78, 5) is 0. The van der Waals surface area contributed by atoms with E-state index in [0.717, 1.165) is 6.42 Å². The van der Waals surface area contributed by atoms with Crippen LogP contribution in [0.25, 0.3) is 17.2 Å². The fourth-order valence-electron chi connectivity index (χ4n) is 3.39. The normalized spacial score (nSPS) is 12.8. The fraction of sp³-hybridized carbons (Fsp3) is 0.263. The van der Waals surface area contributed by atoms with Gasteiger partial charge in [0.15, 0.2) is 0 Å². The second kappa shape index (κ2) is 4.89. The van der Waals surface area contributed by atoms with Crippen LogP contribution in [0.4, 0.5) is 0 Å². The molecule has 0 radical (unpaired) electrons. The van der Waals surface area contributed by atoms with Crippen LogP contribution in [0.3, 0.4) is 0 Å². The number of allylic oxidation sites excluding steroid dienone is 1. The molecule has 1 aliphatic rings. The van der Waals surface area contributed by atoms with Crippen LogP contribution in [0.2, 0.25) is 0 Å². The van der Waals surface area contributed by atoms with Crippen LogP contribution in [-0.2, 0) is 6.42 Å². The van der Waals surface area contributed by atoms with Crippen molar-refractivity contribution < 1.29 is 0 Å². The van der Waals surface area contributed by atoms with Gasteiger partial charge in [-0.25, -0.2) is 0 Å². The van der Waals surface area contributed by atoms with Crippen LogP contribution < -0.4 is 0 Å². The molecule has 2 aromatic rings. The van der Waals surface area contributed by atoms with Gasteiger partial charge in [0, 0.05) is 4.47 Å². The zero-order valence-corrected chi connectivity index (χ0v) is 14.1. The van der Waals surface area contributed by atoms with Crippen LogP contribution in [0.15, 0.2) is 28.7 Å². The quantitative estimate of drug-likeness (QED) is 0.610. The molecule has 3 rings (SSSR count). The lowest BCUT2D eigenvalue weighted by molar-refractivity contribution is 1.25. The molecule has 20 heavy (non-hydrogen) atoms. The molecule has 1 aliphatic carbocycles. The van der Waals surface area contributed by atoms with E-state index < -0.39 is 0 Å². The Hall–Kier alpha value is -1.34. The van der Waals surface area contributed by atoms with E-state index >= 15 is 0 Å². The average molecular weight is 327 g/mol. The lowest BCUT2D eigenvalue weighted by atomic mass is 9.88. The number of aryl methyl sites for hydroxylation is 3. The van der Waals surface area contributed by atoms with E-state index in [2.05, 4.69) is 74.0 Å². The van der Waals surface area contributed by atoms with Crippen molar-refractivity contribution >= 4 is 22.0 Å². The van der Waals surface area contributed by atoms with Crippen molar-refractivity contribution in [3.8, 4) is 11.1 Å². The first kappa shape index (κ1) is 13.6. The van der Waals surface area contributed by atoms with E-state index in [1.54, 1.807) is 0 Å². The average Bonchev–Trinajstić information content (AvgIpc) is 2.83. The molecule has 0 unspecified atom stereocenters. The smallest absolute Gasteiger partial charge is 0.0216 e. The molecule has 0 heterocycles. The Balaban J connectivity index is 2.33. The maximum Gasteiger partial charge on any atom is 0.0216 e. The van der Waals surface area contributed by atoms with Crippen molar-refractivity contribution in [2.75, 3.05) is 0 Å². The molecule has 0 aliphatic heterocycles. The van der Waals surface area contributed by atoms with Gasteiger partial charge in [0.2, 0.25) is 0 Å². The van der Waals surface area contributed by atoms with Crippen molar-refractivity contribution in [2.24, 2.45) is 0 Å². The number of hydrogen-bond donors (Lipinski definition) is 0. The molecule has 2 aromatic carbocycles. The summed E-state index contributed by atoms with van der Waals surface area (Å²) in [5, 5.41) is 0. The van der Waals surface area contributed by atoms with E-state index in [0.29, 0.717) is 0 Å². The third-order valence-electron chi connectivity index (χ3n) is 4.24. The summed E-state index contributed by atoms with van der Waals surface area (Å²) in [5.41, 5.74) is 11.1. The number of fused-ring (bicyclic) bond motifs is 1. The van der Waals surface area contributed by atoms with E-state index in [9.17, 15) is 0 Å². The minimum Gasteiger partial charge on any atom is -0.0795 e. The van der Waals surface area contributed by atoms with Gasteiger partial charge in [-0.05, 0) is 79.1 Å². The number of rotatable bonds is 1. The van der Waals surface area contributed by atoms with E-state index in [-0.39, 0.29) is 0 Å². The van der Waals surface area contributed by atoms with Crippen LogP contribution in [0.5, 0.6) is 0 Å². The lowest BCUT2D eigenvalue weighted by Gasteiger charge is -2.18. The van der Waals surface area contributed by atoms with Gasteiger partial charge in [0.25, 0.3) is 0 Å². The number of hydrogen-bond acceptors (Lipinski definition) is 0. The zero-order chi connectivity index (χ0) is 14.4. The molecular formula is C19H19Br. The predicted octanol–water partition coefficient (Wildman–Crippen LogP) is 5.92. The Kier molecular flexibility index (Phi) is 3.33. The maximum atomic E-state index is 3.73. The van der Waals surface area contributed by atoms with E-state index in [1.807, 2.05) is 0 Å². The molecule has 0 saturated carbocycles. The van der Waals surface area contributed by atoms with Gasteiger partial charge in [0.1, 0.15) is 0 Å². The van der Waals surface area contributed by atoms with Crippen molar-refractivity contribution in [2.45, 2.75) is 34.1 Å². The maximum absolute atomic E-state index is 3.73. The molecule has 0 nitrogen and oxygen atoms in total. The Morgan fingerprint density at radius 1 is 0.950 bits per heavy atom. The largest absolute Gasteiger partial charge is 0.0795 e. The standard InChI is InChI=1S/C19H19Br/c1-11-8-12(2)19(13(3)9-11)17-10-18(20)14(4)15-6-5-7-16(15)17/h5-6,8-10H,7H2,1-4H3. The van der Waals surface area contributed by atoms with E-state index in [1.165, 1.54) is 49.0 Å². The Morgan fingerprint density at radius 2 is 1.60 bits per heavy atom. The highest BCUT2D eigenvalue weighted by molar-refractivity contribution is 9.10. The predicted molar refractivity (Wildman–Crippen MR) is 91.3 cm³/mol. The highest BCUT2D eigenvalue weighted by Gasteiger charge is 2.18. The van der Waals surface area contributed by atoms with E-state index in [4.69, 9.17) is 0 Å². The molecule has 0 N–H and O–H groups in total. The topological polar surface area (TPSA) is 0 Å². The molecule has 0 saturated heterocycles. The summed E-state index contributed by atoms with van der Waals surface area (Å²) < 4.78 is 1.21. The Labute approximate surface area is 129 Å². The molecule has 0 bridgehead atoms. The highest BCUT2D eigenvalue weighted by Crippen LogP contribution is 2.39. The molecule has 0 amide bonds. The van der Waals surface area contributed by atoms with Gasteiger partial charge in [-0.3, -0.25) is 0 Å². The minimum atomic E-state index is 1.05. The third-order valence-corrected chi connectivity index (χ3v) is 5.06. The van der Waals surface area contributed by atoms with Gasteiger partial charge in [-0.2, -0.15) is 0 Å². The van der Waals surface area contributed by atoms with Gasteiger partial charge in [-0.1, -0.05) is 45.8 Å². The first-order valence-corrected chi connectivity index (χ1v) is 7.85. The molecular weight excluding hydrogens is 308 g/mol. The first-order chi connectivity index (χ1) is 9.49. The summed E-state index contributed by atoms with van der Waals surface area (Å²) in [6.07, 6.45) is 5.58. The lowest BCUT2D eigenvalue weighted by Crippen LogP contribution is -1.97. The van der Waals surface area contributed by atoms with Crippen LogP contribution >= 0.6 is 15.9 Å². The molecule has 0 aromatic heterocycles. The number of benzene rings is 2. The summed E-state index contributed by atoms with van der Waals surface area (Å²) in [6.45, 7) is 8.80. The van der Waals surface area contributed by atoms with Crippen molar-refractivity contribution in [1.29, 1.82) is 0 Å². The van der Waals surface area contributed by atoms with Crippen LogP contribution in [-0.4, -0.2) is 0 Å². The van der Waals surface area contributed by atoms with Crippen molar-refractivity contribution in [3.05, 3.63) is 62.1 Å². The SMILES string of the molecule is Cc1cc(C)c(-c2cc(Br)c(C)c3c2CC=C3)c(C)c1. The minimum absolute atomic E-state index is 1.05. The highest BCUT2D eigenvalue weighted by atomic mass is 79.9. The van der Waals surface area contributed by atoms with Gasteiger partial charge in [-0.15, -0.1) is 0 Å². The molecule has 0 spiro atoms. The second-order valence-corrected chi connectivity index (χ2v) is 6.66. The summed E-state index contributed by atoms with van der Waals surface area (Å²) in [6, 6.07) is 6.86. The zero-order valence-electron chi connectivity index (χ0n) is 12.5. The summed E-state index contributed by atoms with van der Waals surface area (Å²) >= 11 is 3.73. The van der Waals surface area contributed by atoms with Crippen molar-refractivity contribution in [1.82, 2.24) is 0 Å². The second-order valence-electron chi connectivity index (χ2n) is 5.80. The monoisotopic (exact) mass is 326 g/mol. The first-order valence-electron chi connectivity index (χ1n) is 7.05. The van der Waals surface area contributed by atoms with Gasteiger partial charge >= 0.3 is 0 Å². The fourth-order valence-corrected chi connectivity index (χ4v) is 3.83. The molecule has 0 fully saturated rings. The van der Waals surface area contributed by atoms with Crippen LogP contribution in [0, 0.1) is 27.7 Å². The van der Waals surface area contributed by atoms with Crippen molar-refractivity contribution in [3.63, 3.8) is 0 Å². The molecule has 102 valence electrons.